The topological polar surface area (TPSA) is 85.4 Å². The van der Waals surface area contributed by atoms with Gasteiger partial charge in [-0.2, -0.15) is 0 Å². The number of aryl methyl sites for hydroxylation is 1. The van der Waals surface area contributed by atoms with E-state index in [1.165, 1.54) is 0 Å². The lowest BCUT2D eigenvalue weighted by Gasteiger charge is -2.13. The molecule has 2 aromatic carbocycles. The SMILES string of the molecule is COc1ccc(Nc2nc(C)cc(C(=O)Nc3ccccc3Cl)n2)c(OC)c1. The summed E-state index contributed by atoms with van der Waals surface area (Å²) in [6.07, 6.45) is 0. The zero-order chi connectivity index (χ0) is 20.1. The van der Waals surface area contributed by atoms with Crippen LogP contribution in [-0.4, -0.2) is 30.1 Å². The van der Waals surface area contributed by atoms with E-state index >= 15 is 0 Å². The summed E-state index contributed by atoms with van der Waals surface area (Å²) in [6.45, 7) is 1.78. The van der Waals surface area contributed by atoms with Crippen LogP contribution in [0, 0.1) is 6.92 Å². The van der Waals surface area contributed by atoms with E-state index in [-0.39, 0.29) is 17.5 Å². The second kappa shape index (κ2) is 8.58. The average Bonchev–Trinajstić information content (AvgIpc) is 2.69. The Hall–Kier alpha value is -3.32. The van der Waals surface area contributed by atoms with Gasteiger partial charge in [-0.05, 0) is 37.3 Å². The molecule has 1 amide bonds. The summed E-state index contributed by atoms with van der Waals surface area (Å²) < 4.78 is 10.6. The molecule has 8 heteroatoms. The highest BCUT2D eigenvalue weighted by molar-refractivity contribution is 6.33. The van der Waals surface area contributed by atoms with E-state index in [2.05, 4.69) is 20.6 Å². The van der Waals surface area contributed by atoms with Gasteiger partial charge in [0.15, 0.2) is 0 Å². The van der Waals surface area contributed by atoms with Gasteiger partial charge in [-0.3, -0.25) is 4.79 Å². The third-order valence-electron chi connectivity index (χ3n) is 3.86. The van der Waals surface area contributed by atoms with Crippen molar-refractivity contribution in [3.05, 3.63) is 64.9 Å². The number of anilines is 3. The van der Waals surface area contributed by atoms with Crippen molar-refractivity contribution in [2.75, 3.05) is 24.9 Å². The van der Waals surface area contributed by atoms with Gasteiger partial charge < -0.3 is 20.1 Å². The van der Waals surface area contributed by atoms with Crippen molar-refractivity contribution >= 4 is 34.8 Å². The maximum Gasteiger partial charge on any atom is 0.274 e. The first kappa shape index (κ1) is 19.4. The highest BCUT2D eigenvalue weighted by Crippen LogP contribution is 2.30. The monoisotopic (exact) mass is 398 g/mol. The lowest BCUT2D eigenvalue weighted by atomic mass is 10.2. The second-order valence-corrected chi connectivity index (χ2v) is 6.25. The fourth-order valence-corrected chi connectivity index (χ4v) is 2.69. The fourth-order valence-electron chi connectivity index (χ4n) is 2.51. The molecular formula is C20H19ClN4O3. The lowest BCUT2D eigenvalue weighted by molar-refractivity contribution is 0.102. The summed E-state index contributed by atoms with van der Waals surface area (Å²) in [6, 6.07) is 13.9. The Kier molecular flexibility index (Phi) is 5.96. The molecule has 3 rings (SSSR count). The van der Waals surface area contributed by atoms with Crippen molar-refractivity contribution in [3.8, 4) is 11.5 Å². The second-order valence-electron chi connectivity index (χ2n) is 5.84. The van der Waals surface area contributed by atoms with Crippen molar-refractivity contribution in [1.29, 1.82) is 0 Å². The average molecular weight is 399 g/mol. The van der Waals surface area contributed by atoms with Crippen LogP contribution in [0.1, 0.15) is 16.2 Å². The Morgan fingerprint density at radius 3 is 2.50 bits per heavy atom. The van der Waals surface area contributed by atoms with Gasteiger partial charge in [0.25, 0.3) is 5.91 Å². The predicted molar refractivity (Wildman–Crippen MR) is 109 cm³/mol. The number of halogens is 1. The minimum atomic E-state index is -0.386. The number of aromatic nitrogens is 2. The highest BCUT2D eigenvalue weighted by Gasteiger charge is 2.14. The van der Waals surface area contributed by atoms with Gasteiger partial charge in [0, 0.05) is 11.8 Å². The zero-order valence-electron chi connectivity index (χ0n) is 15.6. The summed E-state index contributed by atoms with van der Waals surface area (Å²) in [7, 11) is 3.13. The number of methoxy groups -OCH3 is 2. The number of carbonyl (C=O) groups is 1. The van der Waals surface area contributed by atoms with E-state index in [0.717, 1.165) is 0 Å². The van der Waals surface area contributed by atoms with Crippen LogP contribution in [0.5, 0.6) is 11.5 Å². The van der Waals surface area contributed by atoms with Crippen molar-refractivity contribution in [1.82, 2.24) is 9.97 Å². The first-order valence-electron chi connectivity index (χ1n) is 8.41. The molecule has 0 aliphatic rings. The molecule has 1 heterocycles. The fraction of sp³-hybridized carbons (Fsp3) is 0.150. The molecule has 144 valence electrons. The minimum absolute atomic E-state index is 0.211. The Bertz CT molecular complexity index is 1010. The number of hydrogen-bond acceptors (Lipinski definition) is 6. The van der Waals surface area contributed by atoms with Crippen LogP contribution in [0.3, 0.4) is 0 Å². The molecular weight excluding hydrogens is 380 g/mol. The first-order valence-corrected chi connectivity index (χ1v) is 8.78. The van der Waals surface area contributed by atoms with Gasteiger partial charge in [-0.1, -0.05) is 23.7 Å². The first-order chi connectivity index (χ1) is 13.5. The van der Waals surface area contributed by atoms with Crippen molar-refractivity contribution in [2.45, 2.75) is 6.92 Å². The van der Waals surface area contributed by atoms with E-state index in [1.807, 2.05) is 0 Å². The third kappa shape index (κ3) is 4.50. The van der Waals surface area contributed by atoms with Gasteiger partial charge in [-0.15, -0.1) is 0 Å². The molecule has 0 aliphatic carbocycles. The number of carbonyl (C=O) groups excluding carboxylic acids is 1. The Morgan fingerprint density at radius 1 is 1.00 bits per heavy atom. The zero-order valence-corrected chi connectivity index (χ0v) is 16.4. The molecule has 0 radical (unpaired) electrons. The van der Waals surface area contributed by atoms with Crippen molar-refractivity contribution < 1.29 is 14.3 Å². The molecule has 2 N–H and O–H groups in total. The normalized spacial score (nSPS) is 10.3. The highest BCUT2D eigenvalue weighted by atomic mass is 35.5. The van der Waals surface area contributed by atoms with Crippen LogP contribution in [-0.2, 0) is 0 Å². The van der Waals surface area contributed by atoms with Crippen LogP contribution < -0.4 is 20.1 Å². The maximum absolute atomic E-state index is 12.6. The summed E-state index contributed by atoms with van der Waals surface area (Å²) in [4.78, 5) is 21.2. The molecule has 28 heavy (non-hydrogen) atoms. The van der Waals surface area contributed by atoms with Crippen LogP contribution in [0.4, 0.5) is 17.3 Å². The summed E-state index contributed by atoms with van der Waals surface area (Å²) in [5, 5.41) is 6.28. The lowest BCUT2D eigenvalue weighted by Crippen LogP contribution is -2.15. The molecule has 0 saturated carbocycles. The number of amides is 1. The Morgan fingerprint density at radius 2 is 1.79 bits per heavy atom. The molecule has 0 saturated heterocycles. The molecule has 1 aromatic heterocycles. The van der Waals surface area contributed by atoms with E-state index in [1.54, 1.807) is 69.7 Å². The minimum Gasteiger partial charge on any atom is -0.497 e. The smallest absolute Gasteiger partial charge is 0.274 e. The maximum atomic E-state index is 12.6. The van der Waals surface area contributed by atoms with Crippen LogP contribution in [0.15, 0.2) is 48.5 Å². The number of ether oxygens (including phenoxy) is 2. The standard InChI is InChI=1S/C20H19ClN4O3/c1-12-10-17(19(26)23-15-7-5-4-6-14(15)21)25-20(22-12)24-16-9-8-13(27-2)11-18(16)28-3/h4-11H,1-3H3,(H,23,26)(H,22,24,25). The number of benzene rings is 2. The van der Waals surface area contributed by atoms with Crippen LogP contribution >= 0.6 is 11.6 Å². The van der Waals surface area contributed by atoms with Gasteiger partial charge >= 0.3 is 0 Å². The van der Waals surface area contributed by atoms with Crippen molar-refractivity contribution in [3.63, 3.8) is 0 Å². The van der Waals surface area contributed by atoms with Gasteiger partial charge in [-0.25, -0.2) is 9.97 Å². The van der Waals surface area contributed by atoms with Crippen LogP contribution in [0.25, 0.3) is 0 Å². The van der Waals surface area contributed by atoms with E-state index in [0.29, 0.717) is 33.6 Å². The van der Waals surface area contributed by atoms with Crippen LogP contribution in [0.2, 0.25) is 5.02 Å². The largest absolute Gasteiger partial charge is 0.497 e. The quantitative estimate of drug-likeness (QED) is 0.638. The Labute approximate surface area is 167 Å². The van der Waals surface area contributed by atoms with E-state index < -0.39 is 0 Å². The molecule has 0 atom stereocenters. The molecule has 7 nitrogen and oxygen atoms in total. The third-order valence-corrected chi connectivity index (χ3v) is 4.19. The van der Waals surface area contributed by atoms with Gasteiger partial charge in [0.05, 0.1) is 30.6 Å². The van der Waals surface area contributed by atoms with Gasteiger partial charge in [0.2, 0.25) is 5.95 Å². The number of rotatable bonds is 6. The summed E-state index contributed by atoms with van der Waals surface area (Å²) in [5.74, 6) is 1.11. The number of nitrogens with zero attached hydrogens (tertiary/aromatic N) is 2. The number of hydrogen-bond donors (Lipinski definition) is 2. The number of nitrogens with one attached hydrogen (secondary N) is 2. The molecule has 0 bridgehead atoms. The summed E-state index contributed by atoms with van der Waals surface area (Å²) >= 11 is 6.10. The van der Waals surface area contributed by atoms with Gasteiger partial charge in [0.1, 0.15) is 17.2 Å². The van der Waals surface area contributed by atoms with E-state index in [9.17, 15) is 4.79 Å². The molecule has 0 aliphatic heterocycles. The Balaban J connectivity index is 1.86. The molecule has 0 unspecified atom stereocenters. The van der Waals surface area contributed by atoms with Crippen molar-refractivity contribution in [2.24, 2.45) is 0 Å². The molecule has 0 fully saturated rings. The number of para-hydroxylation sites is 1. The van der Waals surface area contributed by atoms with E-state index in [4.69, 9.17) is 21.1 Å². The molecule has 0 spiro atoms. The summed E-state index contributed by atoms with van der Waals surface area (Å²) in [5.41, 5.74) is 2.00. The molecule has 3 aromatic rings. The predicted octanol–water partition coefficient (Wildman–Crippen LogP) is 4.45.